The van der Waals surface area contributed by atoms with E-state index in [-0.39, 0.29) is 28.5 Å². The fourth-order valence-electron chi connectivity index (χ4n) is 3.13. The first-order valence-corrected chi connectivity index (χ1v) is 11.5. The number of nitrogens with zero attached hydrogens (tertiary/aromatic N) is 2. The minimum Gasteiger partial charge on any atom is -0.423 e. The van der Waals surface area contributed by atoms with Gasteiger partial charge in [-0.05, 0) is 65.4 Å². The van der Waals surface area contributed by atoms with E-state index in [9.17, 15) is 24.5 Å². The number of hydrogen-bond acceptors (Lipinski definition) is 7. The third-order valence-corrected chi connectivity index (χ3v) is 6.41. The molecule has 0 aliphatic carbocycles. The zero-order valence-corrected chi connectivity index (χ0v) is 20.0. The Morgan fingerprint density at radius 1 is 1.03 bits per heavy atom. The zero-order valence-electron chi connectivity index (χ0n) is 17.6. The van der Waals surface area contributed by atoms with E-state index in [1.54, 1.807) is 36.4 Å². The summed E-state index contributed by atoms with van der Waals surface area (Å²) in [6.45, 7) is 0.0234. The third kappa shape index (κ3) is 5.71. The highest BCUT2D eigenvalue weighted by Gasteiger charge is 2.35. The maximum atomic E-state index is 12.8. The Hall–Kier alpha value is -3.66. The third-order valence-electron chi connectivity index (χ3n) is 4.92. The van der Waals surface area contributed by atoms with Gasteiger partial charge in [0.25, 0.3) is 16.8 Å². The van der Waals surface area contributed by atoms with Crippen molar-refractivity contribution in [1.82, 2.24) is 4.90 Å². The Kier molecular flexibility index (Phi) is 7.20. The Morgan fingerprint density at radius 2 is 1.71 bits per heavy atom. The van der Waals surface area contributed by atoms with E-state index in [1.165, 1.54) is 36.4 Å². The lowest BCUT2D eigenvalue weighted by atomic mass is 10.2. The SMILES string of the molecule is O=C(Oc1ccc(/C=C2\SC(=O)N(Cc3ccc(Cl)cc3Cl)C2=O)cc1)c1ccc([N+](=O)[O-])cc1. The second-order valence-corrected chi connectivity index (χ2v) is 9.10. The first-order chi connectivity index (χ1) is 16.7. The average molecular weight is 529 g/mol. The maximum absolute atomic E-state index is 12.8. The quantitative estimate of drug-likeness (QED) is 0.120. The molecule has 1 aliphatic heterocycles. The van der Waals surface area contributed by atoms with Gasteiger partial charge >= 0.3 is 5.97 Å². The number of nitro groups is 1. The van der Waals surface area contributed by atoms with E-state index in [2.05, 4.69) is 0 Å². The fraction of sp³-hybridized carbons (Fsp3) is 0.0417. The molecule has 2 amide bonds. The average Bonchev–Trinajstić information content (AvgIpc) is 3.09. The molecule has 1 aliphatic rings. The Bertz CT molecular complexity index is 1370. The highest BCUT2D eigenvalue weighted by Crippen LogP contribution is 2.34. The number of carbonyl (C=O) groups excluding carboxylic acids is 3. The fourth-order valence-corrected chi connectivity index (χ4v) is 4.43. The minimum atomic E-state index is -0.672. The van der Waals surface area contributed by atoms with Gasteiger partial charge in [-0.2, -0.15) is 0 Å². The molecule has 35 heavy (non-hydrogen) atoms. The highest BCUT2D eigenvalue weighted by atomic mass is 35.5. The summed E-state index contributed by atoms with van der Waals surface area (Å²) in [6, 6.07) is 16.2. The number of thioether (sulfide) groups is 1. The molecule has 176 valence electrons. The van der Waals surface area contributed by atoms with Gasteiger partial charge in [0.15, 0.2) is 0 Å². The molecule has 0 aromatic heterocycles. The molecule has 0 bridgehead atoms. The van der Waals surface area contributed by atoms with E-state index in [1.807, 2.05) is 0 Å². The standard InChI is InChI=1S/C24H14Cl2N2O6S/c25-17-6-3-16(20(26)12-17)13-27-22(29)21(35-24(27)31)11-14-1-9-19(10-2-14)34-23(30)15-4-7-18(8-5-15)28(32)33/h1-12H,13H2/b21-11-. The summed E-state index contributed by atoms with van der Waals surface area (Å²) in [5, 5.41) is 11.1. The topological polar surface area (TPSA) is 107 Å². The van der Waals surface area contributed by atoms with Gasteiger partial charge in [-0.3, -0.25) is 24.6 Å². The highest BCUT2D eigenvalue weighted by molar-refractivity contribution is 8.18. The number of rotatable bonds is 6. The number of esters is 1. The molecule has 4 rings (SSSR count). The van der Waals surface area contributed by atoms with Crippen molar-refractivity contribution in [2.24, 2.45) is 0 Å². The van der Waals surface area contributed by atoms with Gasteiger partial charge in [-0.15, -0.1) is 0 Å². The number of nitro benzene ring substituents is 1. The van der Waals surface area contributed by atoms with Crippen LogP contribution in [-0.2, 0) is 11.3 Å². The van der Waals surface area contributed by atoms with Crippen molar-refractivity contribution in [3.63, 3.8) is 0 Å². The number of hydrogen-bond donors (Lipinski definition) is 0. The second-order valence-electron chi connectivity index (χ2n) is 7.27. The lowest BCUT2D eigenvalue weighted by molar-refractivity contribution is -0.384. The van der Waals surface area contributed by atoms with E-state index in [0.29, 0.717) is 21.2 Å². The summed E-state index contributed by atoms with van der Waals surface area (Å²) >= 11 is 12.9. The molecule has 0 N–H and O–H groups in total. The molecule has 3 aromatic carbocycles. The van der Waals surface area contributed by atoms with E-state index in [0.717, 1.165) is 16.7 Å². The van der Waals surface area contributed by atoms with Gasteiger partial charge in [0.2, 0.25) is 0 Å². The summed E-state index contributed by atoms with van der Waals surface area (Å²) in [6.07, 6.45) is 1.57. The van der Waals surface area contributed by atoms with Crippen LogP contribution in [0.25, 0.3) is 6.08 Å². The maximum Gasteiger partial charge on any atom is 0.343 e. The molecule has 0 unspecified atom stereocenters. The van der Waals surface area contributed by atoms with Crippen molar-refractivity contribution in [2.45, 2.75) is 6.54 Å². The number of imide groups is 1. The van der Waals surface area contributed by atoms with Gasteiger partial charge in [0.1, 0.15) is 5.75 Å². The first kappa shape index (κ1) is 24.5. The van der Waals surface area contributed by atoms with Crippen LogP contribution >= 0.6 is 35.0 Å². The van der Waals surface area contributed by atoms with Crippen LogP contribution in [0.1, 0.15) is 21.5 Å². The van der Waals surface area contributed by atoms with Gasteiger partial charge in [-0.25, -0.2) is 4.79 Å². The second kappa shape index (κ2) is 10.3. The first-order valence-electron chi connectivity index (χ1n) is 9.97. The molecule has 0 saturated carbocycles. The summed E-state index contributed by atoms with van der Waals surface area (Å²) in [5.74, 6) is -0.870. The summed E-state index contributed by atoms with van der Waals surface area (Å²) < 4.78 is 5.28. The monoisotopic (exact) mass is 528 g/mol. The molecule has 0 atom stereocenters. The van der Waals surface area contributed by atoms with Crippen LogP contribution in [0, 0.1) is 10.1 Å². The lowest BCUT2D eigenvalue weighted by Gasteiger charge is -2.13. The minimum absolute atomic E-state index is 0.0234. The van der Waals surface area contributed by atoms with Crippen LogP contribution < -0.4 is 4.74 Å². The molecule has 1 heterocycles. The van der Waals surface area contributed by atoms with Crippen LogP contribution in [0.2, 0.25) is 10.0 Å². The molecular formula is C24H14Cl2N2O6S. The molecule has 0 radical (unpaired) electrons. The van der Waals surface area contributed by atoms with Gasteiger partial charge < -0.3 is 4.74 Å². The van der Waals surface area contributed by atoms with Crippen LogP contribution in [0.3, 0.4) is 0 Å². The van der Waals surface area contributed by atoms with Crippen LogP contribution in [-0.4, -0.2) is 26.9 Å². The van der Waals surface area contributed by atoms with Crippen molar-refractivity contribution >= 4 is 63.8 Å². The Morgan fingerprint density at radius 3 is 2.34 bits per heavy atom. The molecule has 1 saturated heterocycles. The van der Waals surface area contributed by atoms with Crippen LogP contribution in [0.15, 0.2) is 71.6 Å². The van der Waals surface area contributed by atoms with Crippen LogP contribution in [0.5, 0.6) is 5.75 Å². The van der Waals surface area contributed by atoms with Crippen molar-refractivity contribution in [2.75, 3.05) is 0 Å². The molecule has 0 spiro atoms. The van der Waals surface area contributed by atoms with Gasteiger partial charge in [0, 0.05) is 22.2 Å². The predicted octanol–water partition coefficient (Wildman–Crippen LogP) is 6.36. The molecule has 3 aromatic rings. The molecule has 8 nitrogen and oxygen atoms in total. The van der Waals surface area contributed by atoms with E-state index >= 15 is 0 Å². The number of halogens is 2. The number of non-ortho nitro benzene ring substituents is 1. The van der Waals surface area contributed by atoms with Crippen molar-refractivity contribution in [3.8, 4) is 5.75 Å². The number of ether oxygens (including phenoxy) is 1. The van der Waals surface area contributed by atoms with Crippen molar-refractivity contribution in [1.29, 1.82) is 0 Å². The Labute approximate surface area is 213 Å². The Balaban J connectivity index is 1.42. The molecule has 1 fully saturated rings. The van der Waals surface area contributed by atoms with E-state index in [4.69, 9.17) is 27.9 Å². The normalized spacial score (nSPS) is 14.5. The summed E-state index contributed by atoms with van der Waals surface area (Å²) in [5.41, 5.74) is 1.25. The van der Waals surface area contributed by atoms with Crippen molar-refractivity contribution in [3.05, 3.63) is 108 Å². The van der Waals surface area contributed by atoms with Crippen molar-refractivity contribution < 1.29 is 24.0 Å². The lowest BCUT2D eigenvalue weighted by Crippen LogP contribution is -2.27. The molecule has 11 heteroatoms. The largest absolute Gasteiger partial charge is 0.423 e. The smallest absolute Gasteiger partial charge is 0.343 e. The summed E-state index contributed by atoms with van der Waals surface area (Å²) in [4.78, 5) is 48.9. The summed E-state index contributed by atoms with van der Waals surface area (Å²) in [7, 11) is 0. The zero-order chi connectivity index (χ0) is 25.1. The predicted molar refractivity (Wildman–Crippen MR) is 132 cm³/mol. The number of amides is 2. The van der Waals surface area contributed by atoms with Gasteiger partial charge in [0.05, 0.1) is 21.9 Å². The van der Waals surface area contributed by atoms with Gasteiger partial charge in [-0.1, -0.05) is 41.4 Å². The molecular weight excluding hydrogens is 515 g/mol. The van der Waals surface area contributed by atoms with E-state index < -0.39 is 22.0 Å². The van der Waals surface area contributed by atoms with Crippen LogP contribution in [0.4, 0.5) is 10.5 Å². The number of benzene rings is 3. The number of carbonyl (C=O) groups is 3.